The van der Waals surface area contributed by atoms with Crippen molar-refractivity contribution in [1.29, 1.82) is 0 Å². The second-order valence-electron chi connectivity index (χ2n) is 7.59. The van der Waals surface area contributed by atoms with Crippen LogP contribution in [0.1, 0.15) is 47.5 Å². The molecule has 1 amide bonds. The number of carbonyl (C=O) groups excluding carboxylic acids is 1. The zero-order valence-electron chi connectivity index (χ0n) is 16.7. The molecule has 1 fully saturated rings. The van der Waals surface area contributed by atoms with Crippen molar-refractivity contribution in [1.82, 2.24) is 20.9 Å². The van der Waals surface area contributed by atoms with Gasteiger partial charge in [-0.15, -0.1) is 0 Å². The molecule has 0 radical (unpaired) electrons. The molecule has 1 heterocycles. The van der Waals surface area contributed by atoms with Crippen molar-refractivity contribution in [3.63, 3.8) is 0 Å². The lowest BCUT2D eigenvalue weighted by atomic mass is 9.92. The van der Waals surface area contributed by atoms with E-state index in [1.807, 2.05) is 20.8 Å². The van der Waals surface area contributed by atoms with Crippen molar-refractivity contribution in [2.45, 2.75) is 53.5 Å². The predicted octanol–water partition coefficient (Wildman–Crippen LogP) is 1.74. The number of nitrogens with one attached hydrogen (secondary N) is 3. The lowest BCUT2D eigenvalue weighted by molar-refractivity contribution is -0.128. The number of nitrogens with zero attached hydrogens (tertiary/aromatic N) is 2. The maximum atomic E-state index is 12.1. The molecule has 0 bridgehead atoms. The monoisotopic (exact) mass is 351 g/mol. The summed E-state index contributed by atoms with van der Waals surface area (Å²) in [5, 5.41) is 9.71. The molecule has 1 aliphatic heterocycles. The first-order valence-corrected chi connectivity index (χ1v) is 9.48. The first-order valence-electron chi connectivity index (χ1n) is 9.48. The summed E-state index contributed by atoms with van der Waals surface area (Å²) in [6.45, 7) is 19.0. The van der Waals surface area contributed by atoms with Crippen LogP contribution in [0.2, 0.25) is 0 Å². The Hall–Kier alpha value is -1.56. The van der Waals surface area contributed by atoms with Gasteiger partial charge in [-0.25, -0.2) is 0 Å². The summed E-state index contributed by atoms with van der Waals surface area (Å²) in [5.41, 5.74) is 0.706. The fraction of sp³-hybridized carbons (Fsp3) is 0.789. The van der Waals surface area contributed by atoms with Crippen LogP contribution in [-0.4, -0.2) is 62.1 Å². The largest absolute Gasteiger partial charge is 0.357 e. The van der Waals surface area contributed by atoms with Gasteiger partial charge in [-0.05, 0) is 47.5 Å². The number of rotatable bonds is 8. The summed E-state index contributed by atoms with van der Waals surface area (Å²) in [4.78, 5) is 19.2. The van der Waals surface area contributed by atoms with Crippen molar-refractivity contribution in [3.05, 3.63) is 12.2 Å². The molecule has 0 spiro atoms. The Morgan fingerprint density at radius 1 is 1.20 bits per heavy atom. The molecule has 1 saturated heterocycles. The zero-order valence-corrected chi connectivity index (χ0v) is 16.7. The normalized spacial score (nSPS) is 17.2. The lowest BCUT2D eigenvalue weighted by Crippen LogP contribution is -2.49. The molecule has 6 nitrogen and oxygen atoms in total. The van der Waals surface area contributed by atoms with Crippen LogP contribution in [-0.2, 0) is 4.79 Å². The number of hydrogen-bond donors (Lipinski definition) is 3. The van der Waals surface area contributed by atoms with Gasteiger partial charge in [0.15, 0.2) is 5.96 Å². The molecule has 0 aromatic heterocycles. The van der Waals surface area contributed by atoms with E-state index in [-0.39, 0.29) is 5.91 Å². The molecule has 0 saturated carbocycles. The van der Waals surface area contributed by atoms with E-state index in [1.54, 1.807) is 0 Å². The molecule has 0 aromatic rings. The van der Waals surface area contributed by atoms with E-state index in [1.165, 1.54) is 5.57 Å². The molecule has 0 aromatic carbocycles. The van der Waals surface area contributed by atoms with E-state index >= 15 is 0 Å². The molecule has 25 heavy (non-hydrogen) atoms. The average Bonchev–Trinajstić information content (AvgIpc) is 2.54. The molecule has 3 N–H and O–H groups in total. The van der Waals surface area contributed by atoms with Crippen LogP contribution in [0.3, 0.4) is 0 Å². The minimum Gasteiger partial charge on any atom is -0.357 e. The highest BCUT2D eigenvalue weighted by Crippen LogP contribution is 2.16. The van der Waals surface area contributed by atoms with Crippen LogP contribution < -0.4 is 16.0 Å². The highest BCUT2D eigenvalue weighted by molar-refractivity contribution is 5.83. The minimum atomic E-state index is -0.511. The Kier molecular flexibility index (Phi) is 8.97. The molecular formula is C19H37N5O. The summed E-state index contributed by atoms with van der Waals surface area (Å²) >= 11 is 0. The maximum Gasteiger partial charge on any atom is 0.227 e. The number of amides is 1. The van der Waals surface area contributed by atoms with Gasteiger partial charge in [0.1, 0.15) is 0 Å². The minimum absolute atomic E-state index is 0.0442. The number of carbonyl (C=O) groups is 1. The topological polar surface area (TPSA) is 68.8 Å². The second-order valence-corrected chi connectivity index (χ2v) is 7.59. The Bertz CT molecular complexity index is 464. The van der Waals surface area contributed by atoms with Crippen molar-refractivity contribution < 1.29 is 4.79 Å². The third kappa shape index (κ3) is 7.90. The Morgan fingerprint density at radius 3 is 2.32 bits per heavy atom. The van der Waals surface area contributed by atoms with Gasteiger partial charge in [0.2, 0.25) is 5.91 Å². The summed E-state index contributed by atoms with van der Waals surface area (Å²) in [6.07, 6.45) is 2.19. The van der Waals surface area contributed by atoms with Gasteiger partial charge in [-0.1, -0.05) is 12.2 Å². The van der Waals surface area contributed by atoms with E-state index < -0.39 is 5.41 Å². The van der Waals surface area contributed by atoms with Crippen LogP contribution >= 0.6 is 0 Å². The van der Waals surface area contributed by atoms with Gasteiger partial charge < -0.3 is 16.0 Å². The molecule has 1 rings (SSSR count). The summed E-state index contributed by atoms with van der Waals surface area (Å²) in [6, 6.07) is 0.423. The van der Waals surface area contributed by atoms with Gasteiger partial charge in [0, 0.05) is 38.8 Å². The molecule has 0 atom stereocenters. The van der Waals surface area contributed by atoms with Crippen molar-refractivity contribution in [2.75, 3.05) is 39.3 Å². The molecule has 144 valence electrons. The Labute approximate surface area is 153 Å². The third-order valence-corrected chi connectivity index (χ3v) is 4.35. The van der Waals surface area contributed by atoms with Gasteiger partial charge in [0.05, 0.1) is 12.0 Å². The van der Waals surface area contributed by atoms with E-state index in [2.05, 4.69) is 46.3 Å². The fourth-order valence-corrected chi connectivity index (χ4v) is 2.88. The van der Waals surface area contributed by atoms with Gasteiger partial charge in [-0.3, -0.25) is 14.7 Å². The third-order valence-electron chi connectivity index (χ3n) is 4.35. The predicted molar refractivity (Wildman–Crippen MR) is 106 cm³/mol. The number of guanidine groups is 1. The first-order chi connectivity index (χ1) is 11.8. The van der Waals surface area contributed by atoms with E-state index in [0.29, 0.717) is 19.1 Å². The van der Waals surface area contributed by atoms with Crippen LogP contribution in [0.25, 0.3) is 0 Å². The van der Waals surface area contributed by atoms with Crippen LogP contribution in [0, 0.1) is 5.41 Å². The standard InChI is InChI=1S/C19H37N5O/c1-7-20-17(25)19(5,6)14-22-18(21-8-2)23-16-9-11-24(12-10-16)13-15(3)4/h16H,3,7-14H2,1-2,4-6H3,(H,20,25)(H2,21,22,23). The quantitative estimate of drug-likeness (QED) is 0.354. The first kappa shape index (κ1) is 21.5. The molecule has 6 heteroatoms. The summed E-state index contributed by atoms with van der Waals surface area (Å²) in [5.74, 6) is 0.848. The zero-order chi connectivity index (χ0) is 18.9. The lowest BCUT2D eigenvalue weighted by Gasteiger charge is -2.33. The van der Waals surface area contributed by atoms with Gasteiger partial charge >= 0.3 is 0 Å². The van der Waals surface area contributed by atoms with Crippen LogP contribution in [0.4, 0.5) is 0 Å². The number of aliphatic imine (C=N–C) groups is 1. The van der Waals surface area contributed by atoms with Crippen molar-refractivity contribution in [3.8, 4) is 0 Å². The SMILES string of the molecule is C=C(C)CN1CCC(NC(=NCC(C)(C)C(=O)NCC)NCC)CC1. The Morgan fingerprint density at radius 2 is 1.80 bits per heavy atom. The van der Waals surface area contributed by atoms with Crippen LogP contribution in [0.5, 0.6) is 0 Å². The highest BCUT2D eigenvalue weighted by Gasteiger charge is 2.27. The van der Waals surface area contributed by atoms with Gasteiger partial charge in [0.25, 0.3) is 0 Å². The van der Waals surface area contributed by atoms with Crippen molar-refractivity contribution in [2.24, 2.45) is 10.4 Å². The summed E-state index contributed by atoms with van der Waals surface area (Å²) < 4.78 is 0. The molecule has 0 aliphatic carbocycles. The smallest absolute Gasteiger partial charge is 0.227 e. The van der Waals surface area contributed by atoms with E-state index in [9.17, 15) is 4.79 Å². The summed E-state index contributed by atoms with van der Waals surface area (Å²) in [7, 11) is 0. The van der Waals surface area contributed by atoms with Crippen LogP contribution in [0.15, 0.2) is 17.1 Å². The fourth-order valence-electron chi connectivity index (χ4n) is 2.88. The Balaban J connectivity index is 2.56. The molecular weight excluding hydrogens is 314 g/mol. The second kappa shape index (κ2) is 10.4. The maximum absolute atomic E-state index is 12.1. The average molecular weight is 352 g/mol. The molecule has 1 aliphatic rings. The van der Waals surface area contributed by atoms with Crippen molar-refractivity contribution >= 4 is 11.9 Å². The van der Waals surface area contributed by atoms with E-state index in [4.69, 9.17) is 0 Å². The van der Waals surface area contributed by atoms with E-state index in [0.717, 1.165) is 45.0 Å². The number of piperidine rings is 1. The highest BCUT2D eigenvalue weighted by atomic mass is 16.2. The number of hydrogen-bond acceptors (Lipinski definition) is 3. The van der Waals surface area contributed by atoms with Gasteiger partial charge in [-0.2, -0.15) is 0 Å². The number of likely N-dealkylation sites (tertiary alicyclic amines) is 1. The molecule has 0 unspecified atom stereocenters.